The summed E-state index contributed by atoms with van der Waals surface area (Å²) in [5, 5.41) is 0. The van der Waals surface area contributed by atoms with Crippen LogP contribution in [0.1, 0.15) is 50.1 Å². The van der Waals surface area contributed by atoms with Crippen LogP contribution >= 0.6 is 19.4 Å². The minimum Gasteiger partial charge on any atom is -0.265 e. The Hall–Kier alpha value is -3.56. The minimum atomic E-state index is -1.88. The normalized spacial score (nSPS) is 13.7. The average Bonchev–Trinajstić information content (AvgIpc) is 3.68. The first-order valence-corrected chi connectivity index (χ1v) is 21.0. The van der Waals surface area contributed by atoms with E-state index in [1.165, 1.54) is 67.0 Å². The second-order valence-electron chi connectivity index (χ2n) is 11.9. The molecule has 6 heteroatoms. The monoisotopic (exact) mass is 747 g/mol. The smallest absolute Gasteiger partial charge is 0.0267 e. The Kier molecular flexibility index (Phi) is 11.9. The summed E-state index contributed by atoms with van der Waals surface area (Å²) in [6.45, 7) is 18.7. The number of allylic oxidation sites excluding steroid dienone is 1. The van der Waals surface area contributed by atoms with Crippen molar-refractivity contribution < 1.29 is 13.5 Å². The number of nitrogens with zero attached hydrogens (tertiary/aromatic N) is 3. The molecule has 3 nitrogen and oxygen atoms in total. The van der Waals surface area contributed by atoms with Crippen molar-refractivity contribution in [1.82, 2.24) is 4.98 Å². The standard InChI is InChI=1S/C21H26N2.C15H10.C5H5N.2ClH.Ru/c1-14-9-16(3)20(17(4)10-14)22-7-8-23(13-22)21-18(5)11-15(2)12-19(21)6;1-2-6-12(7-3-1)15-11-10-13-8-4-5-9-14(13)15;1-2-4-6-5-3-1;;;/h9-12H,7-8H2,1-6H3;1-9,11H;1-5H;2*1H;/q;;;;;+2/p-2. The Labute approximate surface area is 294 Å². The van der Waals surface area contributed by atoms with Crippen LogP contribution in [0.4, 0.5) is 11.4 Å². The summed E-state index contributed by atoms with van der Waals surface area (Å²) in [4.78, 5) is 8.35. The largest absolute Gasteiger partial charge is 0.265 e. The zero-order valence-electron chi connectivity index (χ0n) is 27.8. The molecule has 7 rings (SSSR count). The van der Waals surface area contributed by atoms with Crippen LogP contribution in [0.5, 0.6) is 0 Å². The van der Waals surface area contributed by atoms with E-state index in [1.54, 1.807) is 12.4 Å². The molecule has 47 heavy (non-hydrogen) atoms. The summed E-state index contributed by atoms with van der Waals surface area (Å²) < 4.78 is 1.12. The quantitative estimate of drug-likeness (QED) is 0.171. The molecule has 1 aliphatic heterocycles. The average molecular weight is 748 g/mol. The number of aromatic nitrogens is 1. The summed E-state index contributed by atoms with van der Waals surface area (Å²) in [7, 11) is 12.4. The predicted molar refractivity (Wildman–Crippen MR) is 199 cm³/mol. The second-order valence-corrected chi connectivity index (χ2v) is 17.7. The summed E-state index contributed by atoms with van der Waals surface area (Å²) in [5.74, 6) is 0. The summed E-state index contributed by atoms with van der Waals surface area (Å²) in [6, 6.07) is 33.4. The molecule has 0 unspecified atom stereocenters. The number of benzene rings is 4. The molecule has 0 spiro atoms. The molecule has 242 valence electrons. The molecule has 0 bridgehead atoms. The molecule has 1 saturated heterocycles. The number of hydrogen-bond donors (Lipinski definition) is 0. The number of aryl methyl sites for hydroxylation is 6. The third-order valence-corrected chi connectivity index (χ3v) is 11.3. The predicted octanol–water partition coefficient (Wildman–Crippen LogP) is 10.5. The number of hydrogen-bond acceptors (Lipinski definition) is 3. The first-order chi connectivity index (χ1) is 22.6. The maximum Gasteiger partial charge on any atom is 0.0267 e. The van der Waals surface area contributed by atoms with Crippen molar-refractivity contribution in [2.24, 2.45) is 0 Å². The van der Waals surface area contributed by atoms with Crippen LogP contribution in [0.2, 0.25) is 0 Å². The van der Waals surface area contributed by atoms with E-state index in [2.05, 4.69) is 124 Å². The molecule has 2 radical (unpaired) electrons. The van der Waals surface area contributed by atoms with Crippen molar-refractivity contribution in [2.75, 3.05) is 22.9 Å². The van der Waals surface area contributed by atoms with Crippen LogP contribution in [0.3, 0.4) is 0 Å². The van der Waals surface area contributed by atoms with Gasteiger partial charge in [-0.3, -0.25) is 4.98 Å². The van der Waals surface area contributed by atoms with E-state index < -0.39 is 13.5 Å². The van der Waals surface area contributed by atoms with E-state index in [9.17, 15) is 0 Å². The van der Waals surface area contributed by atoms with Gasteiger partial charge in [0, 0.05) is 36.9 Å². The van der Waals surface area contributed by atoms with Gasteiger partial charge in [-0.15, -0.1) is 0 Å². The molecule has 0 atom stereocenters. The maximum absolute atomic E-state index is 6.19. The van der Waals surface area contributed by atoms with Gasteiger partial charge in [-0.05, 0) is 75.9 Å². The molecular weight excluding hydrogens is 706 g/mol. The van der Waals surface area contributed by atoms with E-state index in [4.69, 9.17) is 19.4 Å². The van der Waals surface area contributed by atoms with E-state index in [-0.39, 0.29) is 0 Å². The van der Waals surface area contributed by atoms with Gasteiger partial charge in [0.05, 0.1) is 0 Å². The Morgan fingerprint density at radius 3 is 1.47 bits per heavy atom. The van der Waals surface area contributed by atoms with Gasteiger partial charge < -0.3 is 9.80 Å². The van der Waals surface area contributed by atoms with Gasteiger partial charge in [-0.1, -0.05) is 41.5 Å². The van der Waals surface area contributed by atoms with Crippen molar-refractivity contribution in [3.05, 3.63) is 172 Å². The Morgan fingerprint density at radius 1 is 0.596 bits per heavy atom. The Bertz CT molecular complexity index is 1760. The van der Waals surface area contributed by atoms with E-state index >= 15 is 0 Å². The zero-order valence-corrected chi connectivity index (χ0v) is 31.1. The van der Waals surface area contributed by atoms with E-state index in [1.807, 2.05) is 42.5 Å². The number of anilines is 2. The topological polar surface area (TPSA) is 19.4 Å². The number of pyridine rings is 1. The van der Waals surface area contributed by atoms with E-state index in [0.29, 0.717) is 0 Å². The number of halogens is 2. The first kappa shape index (κ1) is 34.8. The minimum absolute atomic E-state index is 0.984. The molecule has 2 heterocycles. The molecular formula is C41H41Cl2N3Ru. The fourth-order valence-electron chi connectivity index (χ4n) is 6.44. The first-order valence-electron chi connectivity index (χ1n) is 15.7. The summed E-state index contributed by atoms with van der Waals surface area (Å²) >= 11 is -1.88. The number of rotatable bonds is 3. The fourth-order valence-corrected chi connectivity index (χ4v) is 8.93. The third kappa shape index (κ3) is 8.49. The Balaban J connectivity index is 0.000000160. The molecule has 5 aromatic rings. The maximum atomic E-state index is 6.19. The van der Waals surface area contributed by atoms with Crippen molar-refractivity contribution in [3.63, 3.8) is 0 Å². The van der Waals surface area contributed by atoms with Crippen LogP contribution in [0.25, 0.3) is 5.57 Å². The van der Waals surface area contributed by atoms with E-state index in [0.717, 1.165) is 17.2 Å². The fraction of sp³-hybridized carbons (Fsp3) is 0.195. The molecule has 1 aliphatic carbocycles. The SMILES string of the molecule is Cc1cc(C)c(N2[C]N(c3c(C)cc(C)cc3C)CC2)c(C)c1.[Cl][Ru]([Cl])=[C]1C=C(c2ccccc2)c2ccccc21.c1ccncc1. The van der Waals surface area contributed by atoms with Gasteiger partial charge >= 0.3 is 120 Å². The molecule has 4 aromatic carbocycles. The third-order valence-electron chi connectivity index (χ3n) is 8.13. The van der Waals surface area contributed by atoms with Crippen molar-refractivity contribution in [2.45, 2.75) is 41.5 Å². The summed E-state index contributed by atoms with van der Waals surface area (Å²) in [6.07, 6.45) is 5.65. The molecule has 0 N–H and O–H groups in total. The van der Waals surface area contributed by atoms with Crippen molar-refractivity contribution in [1.29, 1.82) is 0 Å². The van der Waals surface area contributed by atoms with Gasteiger partial charge in [0.15, 0.2) is 0 Å². The van der Waals surface area contributed by atoms with Crippen molar-refractivity contribution >= 4 is 40.4 Å². The van der Waals surface area contributed by atoms with Gasteiger partial charge in [0.1, 0.15) is 0 Å². The van der Waals surface area contributed by atoms with Crippen LogP contribution in [-0.2, 0) is 13.5 Å². The second kappa shape index (κ2) is 16.0. The van der Waals surface area contributed by atoms with Crippen LogP contribution in [0.15, 0.2) is 116 Å². The molecule has 1 aromatic heterocycles. The van der Waals surface area contributed by atoms with Crippen molar-refractivity contribution in [3.8, 4) is 0 Å². The molecule has 1 fully saturated rings. The zero-order chi connectivity index (χ0) is 33.5. The molecule has 0 amide bonds. The Morgan fingerprint density at radius 2 is 1.04 bits per heavy atom. The van der Waals surface area contributed by atoms with Gasteiger partial charge in [0.25, 0.3) is 0 Å². The van der Waals surface area contributed by atoms with Gasteiger partial charge in [-0.2, -0.15) is 0 Å². The van der Waals surface area contributed by atoms with Gasteiger partial charge in [0.2, 0.25) is 6.67 Å². The molecule has 0 saturated carbocycles. The number of fused-ring (bicyclic) bond motifs is 1. The van der Waals surface area contributed by atoms with Crippen LogP contribution in [-0.4, -0.2) is 22.2 Å². The molecule has 2 aliphatic rings. The van der Waals surface area contributed by atoms with Gasteiger partial charge in [-0.25, -0.2) is 0 Å². The van der Waals surface area contributed by atoms with Crippen LogP contribution < -0.4 is 9.80 Å². The summed E-state index contributed by atoms with van der Waals surface area (Å²) in [5.41, 5.74) is 15.4. The van der Waals surface area contributed by atoms with Crippen LogP contribution in [0, 0.1) is 48.2 Å².